The molecule has 3 nitrogen and oxygen atoms in total. The lowest BCUT2D eigenvalue weighted by atomic mass is 9.87. The van der Waals surface area contributed by atoms with Gasteiger partial charge in [0.2, 0.25) is 0 Å². The van der Waals surface area contributed by atoms with Crippen LogP contribution in [0.25, 0.3) is 0 Å². The zero-order valence-corrected chi connectivity index (χ0v) is 9.52. The molecular formula is C10H23N3. The molecule has 0 aliphatic carbocycles. The lowest BCUT2D eigenvalue weighted by Gasteiger charge is -2.35. The third-order valence-corrected chi connectivity index (χ3v) is 2.65. The van der Waals surface area contributed by atoms with Gasteiger partial charge in [0.05, 0.1) is 5.84 Å². The first kappa shape index (κ1) is 12.4. The smallest absolute Gasteiger partial charge is 0.0918 e. The van der Waals surface area contributed by atoms with Crippen LogP contribution in [0.1, 0.15) is 34.1 Å². The lowest BCUT2D eigenvalue weighted by molar-refractivity contribution is 0.144. The van der Waals surface area contributed by atoms with E-state index in [9.17, 15) is 0 Å². The summed E-state index contributed by atoms with van der Waals surface area (Å²) in [6, 6.07) is 0.506. The molecule has 0 aliphatic rings. The number of amidine groups is 1. The number of rotatable bonds is 4. The normalized spacial score (nSPS) is 14.6. The van der Waals surface area contributed by atoms with Crippen LogP contribution in [0.2, 0.25) is 0 Å². The molecule has 1 atom stereocenters. The zero-order valence-electron chi connectivity index (χ0n) is 9.52. The Labute approximate surface area is 81.8 Å². The molecule has 0 aromatic carbocycles. The van der Waals surface area contributed by atoms with Gasteiger partial charge in [-0.15, -0.1) is 0 Å². The van der Waals surface area contributed by atoms with Crippen molar-refractivity contribution in [3.63, 3.8) is 0 Å². The first-order chi connectivity index (χ1) is 5.75. The minimum atomic E-state index is 0.271. The molecule has 0 radical (unpaired) electrons. The number of nitrogens with one attached hydrogen (secondary N) is 1. The fraction of sp³-hybridized carbons (Fsp3) is 0.900. The van der Waals surface area contributed by atoms with Gasteiger partial charge in [0.1, 0.15) is 0 Å². The largest absolute Gasteiger partial charge is 0.388 e. The molecule has 13 heavy (non-hydrogen) atoms. The molecule has 78 valence electrons. The van der Waals surface area contributed by atoms with E-state index in [0.717, 1.165) is 6.54 Å². The standard InChI is InChI=1S/C10H23N3/c1-8(10(2,3)4)13(5)7-6-9(11)12/h8H,6-7H2,1-5H3,(H3,11,12). The van der Waals surface area contributed by atoms with E-state index >= 15 is 0 Å². The van der Waals surface area contributed by atoms with Crippen molar-refractivity contribution in [2.45, 2.75) is 40.2 Å². The van der Waals surface area contributed by atoms with Gasteiger partial charge in [-0.2, -0.15) is 0 Å². The van der Waals surface area contributed by atoms with Crippen molar-refractivity contribution < 1.29 is 0 Å². The van der Waals surface area contributed by atoms with Gasteiger partial charge in [-0.05, 0) is 19.4 Å². The summed E-state index contributed by atoms with van der Waals surface area (Å²) in [5, 5.41) is 7.14. The van der Waals surface area contributed by atoms with Crippen LogP contribution >= 0.6 is 0 Å². The van der Waals surface area contributed by atoms with Gasteiger partial charge in [-0.25, -0.2) is 0 Å². The molecule has 0 saturated heterocycles. The van der Waals surface area contributed by atoms with E-state index in [2.05, 4.69) is 39.6 Å². The van der Waals surface area contributed by atoms with Crippen molar-refractivity contribution in [2.75, 3.05) is 13.6 Å². The molecule has 0 bridgehead atoms. The van der Waals surface area contributed by atoms with Crippen LogP contribution in [0.5, 0.6) is 0 Å². The first-order valence-corrected chi connectivity index (χ1v) is 4.78. The summed E-state index contributed by atoms with van der Waals surface area (Å²) < 4.78 is 0. The molecule has 0 heterocycles. The Morgan fingerprint density at radius 3 is 2.23 bits per heavy atom. The number of hydrogen-bond donors (Lipinski definition) is 2. The summed E-state index contributed by atoms with van der Waals surface area (Å²) in [4.78, 5) is 2.25. The molecule has 3 heteroatoms. The average Bonchev–Trinajstić information content (AvgIpc) is 1.96. The third-order valence-electron chi connectivity index (χ3n) is 2.65. The van der Waals surface area contributed by atoms with E-state index in [4.69, 9.17) is 11.1 Å². The fourth-order valence-electron chi connectivity index (χ4n) is 1.15. The van der Waals surface area contributed by atoms with Crippen molar-refractivity contribution in [3.05, 3.63) is 0 Å². The molecule has 0 aromatic heterocycles. The summed E-state index contributed by atoms with van der Waals surface area (Å²) in [6.07, 6.45) is 0.664. The van der Waals surface area contributed by atoms with Crippen LogP contribution in [0.15, 0.2) is 0 Å². The highest BCUT2D eigenvalue weighted by molar-refractivity contribution is 5.76. The van der Waals surface area contributed by atoms with Gasteiger partial charge in [0.25, 0.3) is 0 Å². The van der Waals surface area contributed by atoms with Crippen LogP contribution in [0.3, 0.4) is 0 Å². The van der Waals surface area contributed by atoms with E-state index in [1.54, 1.807) is 0 Å². The Hall–Kier alpha value is -0.570. The summed E-state index contributed by atoms with van der Waals surface area (Å²) in [6.45, 7) is 9.75. The highest BCUT2D eigenvalue weighted by Crippen LogP contribution is 2.22. The van der Waals surface area contributed by atoms with Crippen molar-refractivity contribution >= 4 is 5.84 Å². The van der Waals surface area contributed by atoms with E-state index < -0.39 is 0 Å². The van der Waals surface area contributed by atoms with Crippen LogP contribution < -0.4 is 5.73 Å². The molecule has 1 unspecified atom stereocenters. The molecule has 3 N–H and O–H groups in total. The first-order valence-electron chi connectivity index (χ1n) is 4.78. The maximum atomic E-state index is 7.14. The molecule has 0 amide bonds. The van der Waals surface area contributed by atoms with Crippen LogP contribution in [-0.4, -0.2) is 30.4 Å². The summed E-state index contributed by atoms with van der Waals surface area (Å²) in [5.41, 5.74) is 5.59. The fourth-order valence-corrected chi connectivity index (χ4v) is 1.15. The Morgan fingerprint density at radius 1 is 1.46 bits per heavy atom. The van der Waals surface area contributed by atoms with E-state index in [1.807, 2.05) is 0 Å². The van der Waals surface area contributed by atoms with Crippen LogP contribution in [0.4, 0.5) is 0 Å². The number of nitrogens with two attached hydrogens (primary N) is 1. The molecule has 0 aliphatic heterocycles. The molecule has 0 aromatic rings. The molecule has 0 fully saturated rings. The highest BCUT2D eigenvalue weighted by Gasteiger charge is 2.23. The lowest BCUT2D eigenvalue weighted by Crippen LogP contribution is -2.40. The van der Waals surface area contributed by atoms with Gasteiger partial charge in [-0.3, -0.25) is 5.41 Å². The second-order valence-corrected chi connectivity index (χ2v) is 4.80. The van der Waals surface area contributed by atoms with Crippen molar-refractivity contribution in [2.24, 2.45) is 11.1 Å². The van der Waals surface area contributed by atoms with Crippen molar-refractivity contribution in [3.8, 4) is 0 Å². The minimum absolute atomic E-state index is 0.271. The SMILES string of the molecule is CC(N(C)CCC(=N)N)C(C)(C)C. The quantitative estimate of drug-likeness (QED) is 0.517. The van der Waals surface area contributed by atoms with Crippen LogP contribution in [0, 0.1) is 10.8 Å². The van der Waals surface area contributed by atoms with Crippen molar-refractivity contribution in [1.82, 2.24) is 4.90 Å². The Bertz CT molecular complexity index is 169. The Balaban J connectivity index is 3.97. The molecule has 0 rings (SSSR count). The summed E-state index contributed by atoms with van der Waals surface area (Å²) in [7, 11) is 2.08. The second kappa shape index (κ2) is 4.61. The van der Waals surface area contributed by atoms with E-state index in [1.165, 1.54) is 0 Å². The average molecular weight is 185 g/mol. The maximum absolute atomic E-state index is 7.14. The number of hydrogen-bond acceptors (Lipinski definition) is 2. The third kappa shape index (κ3) is 4.88. The summed E-state index contributed by atoms with van der Waals surface area (Å²) in [5.74, 6) is 0.271. The Kier molecular flexibility index (Phi) is 4.40. The van der Waals surface area contributed by atoms with Gasteiger partial charge in [-0.1, -0.05) is 20.8 Å². The van der Waals surface area contributed by atoms with E-state index in [-0.39, 0.29) is 11.3 Å². The molecular weight excluding hydrogens is 162 g/mol. The summed E-state index contributed by atoms with van der Waals surface area (Å²) >= 11 is 0. The second-order valence-electron chi connectivity index (χ2n) is 4.80. The van der Waals surface area contributed by atoms with E-state index in [0.29, 0.717) is 12.5 Å². The van der Waals surface area contributed by atoms with Crippen LogP contribution in [-0.2, 0) is 0 Å². The number of nitrogens with zero attached hydrogens (tertiary/aromatic N) is 1. The van der Waals surface area contributed by atoms with Crippen molar-refractivity contribution in [1.29, 1.82) is 5.41 Å². The minimum Gasteiger partial charge on any atom is -0.388 e. The maximum Gasteiger partial charge on any atom is 0.0918 e. The van der Waals surface area contributed by atoms with Gasteiger partial charge >= 0.3 is 0 Å². The predicted molar refractivity (Wildman–Crippen MR) is 58.1 cm³/mol. The molecule has 0 saturated carbocycles. The zero-order chi connectivity index (χ0) is 10.6. The highest BCUT2D eigenvalue weighted by atomic mass is 15.1. The molecule has 0 spiro atoms. The van der Waals surface area contributed by atoms with Gasteiger partial charge in [0.15, 0.2) is 0 Å². The Morgan fingerprint density at radius 2 is 1.92 bits per heavy atom. The topological polar surface area (TPSA) is 53.1 Å². The van der Waals surface area contributed by atoms with Gasteiger partial charge in [0, 0.05) is 19.0 Å². The van der Waals surface area contributed by atoms with Gasteiger partial charge < -0.3 is 10.6 Å². The predicted octanol–water partition coefficient (Wildman–Crippen LogP) is 1.68. The monoisotopic (exact) mass is 185 g/mol.